The van der Waals surface area contributed by atoms with E-state index in [2.05, 4.69) is 26.7 Å². The topological polar surface area (TPSA) is 41.5 Å². The number of anilines is 1. The number of nitrogens with zero attached hydrogens (tertiary/aromatic N) is 4. The maximum Gasteiger partial charge on any atom is 0.224 e. The quantitative estimate of drug-likeness (QED) is 0.833. The Labute approximate surface area is 156 Å². The third-order valence-corrected chi connectivity index (χ3v) is 5.73. The molecule has 2 aromatic rings. The third-order valence-electron chi connectivity index (χ3n) is 5.73. The molecule has 1 aliphatic carbocycles. The van der Waals surface area contributed by atoms with Crippen molar-refractivity contribution in [2.24, 2.45) is 5.92 Å². The lowest BCUT2D eigenvalue weighted by atomic mass is 9.86. The molecule has 4 rings (SSSR count). The minimum atomic E-state index is 0.602. The summed E-state index contributed by atoms with van der Waals surface area (Å²) in [5.41, 5.74) is 0. The molecule has 2 heterocycles. The van der Waals surface area contributed by atoms with Crippen LogP contribution in [0.3, 0.4) is 0 Å². The first kappa shape index (κ1) is 17.3. The highest BCUT2D eigenvalue weighted by molar-refractivity contribution is 5.42. The van der Waals surface area contributed by atoms with Gasteiger partial charge in [0, 0.05) is 38.3 Å². The Balaban J connectivity index is 1.35. The number of para-hydroxylation sites is 1. The third kappa shape index (κ3) is 4.15. The van der Waals surface area contributed by atoms with Crippen LogP contribution in [0.4, 0.5) is 5.82 Å². The molecule has 0 bridgehead atoms. The highest BCUT2D eigenvalue weighted by Gasteiger charge is 2.27. The number of ether oxygens (including phenoxy) is 1. The lowest BCUT2D eigenvalue weighted by molar-refractivity contribution is 0.132. The van der Waals surface area contributed by atoms with Crippen LogP contribution < -0.4 is 9.64 Å². The summed E-state index contributed by atoms with van der Waals surface area (Å²) in [5, 5.41) is 0. The van der Waals surface area contributed by atoms with E-state index in [0.29, 0.717) is 5.88 Å². The van der Waals surface area contributed by atoms with Gasteiger partial charge in [-0.3, -0.25) is 4.90 Å². The standard InChI is InChI=1S/C21H28N4O/c1-17-7-9-18(10-8-17)24-11-13-25(14-12-24)20-15-21(23-16-22-20)26-19-5-3-2-4-6-19/h2-6,15-18H,7-14H2,1H3. The Kier molecular flexibility index (Phi) is 5.34. The molecule has 0 N–H and O–H groups in total. The Hall–Kier alpha value is -2.14. The van der Waals surface area contributed by atoms with Crippen LogP contribution in [0.5, 0.6) is 11.6 Å². The molecule has 0 amide bonds. The van der Waals surface area contributed by atoms with Crippen molar-refractivity contribution in [3.63, 3.8) is 0 Å². The second kappa shape index (κ2) is 8.04. The molecule has 0 unspecified atom stereocenters. The van der Waals surface area contributed by atoms with Crippen LogP contribution in [0.25, 0.3) is 0 Å². The van der Waals surface area contributed by atoms with Crippen LogP contribution in [-0.4, -0.2) is 47.1 Å². The lowest BCUT2D eigenvalue weighted by Crippen LogP contribution is -2.51. The van der Waals surface area contributed by atoms with Gasteiger partial charge in [0.15, 0.2) is 0 Å². The molecule has 2 aliphatic rings. The van der Waals surface area contributed by atoms with Crippen molar-refractivity contribution in [3.8, 4) is 11.6 Å². The summed E-state index contributed by atoms with van der Waals surface area (Å²) in [7, 11) is 0. The van der Waals surface area contributed by atoms with Gasteiger partial charge in [-0.05, 0) is 43.7 Å². The second-order valence-electron chi connectivity index (χ2n) is 7.57. The van der Waals surface area contributed by atoms with Gasteiger partial charge in [-0.25, -0.2) is 9.97 Å². The molecular formula is C21H28N4O. The van der Waals surface area contributed by atoms with Gasteiger partial charge in [0.1, 0.15) is 17.9 Å². The molecule has 0 atom stereocenters. The highest BCUT2D eigenvalue weighted by Crippen LogP contribution is 2.28. The zero-order valence-corrected chi connectivity index (χ0v) is 15.6. The molecule has 1 aromatic carbocycles. The van der Waals surface area contributed by atoms with Crippen molar-refractivity contribution in [1.29, 1.82) is 0 Å². The molecule has 2 fully saturated rings. The summed E-state index contributed by atoms with van der Waals surface area (Å²) in [6.45, 7) is 6.68. The largest absolute Gasteiger partial charge is 0.439 e. The smallest absolute Gasteiger partial charge is 0.224 e. The molecular weight excluding hydrogens is 324 g/mol. The van der Waals surface area contributed by atoms with Gasteiger partial charge < -0.3 is 9.64 Å². The van der Waals surface area contributed by atoms with E-state index < -0.39 is 0 Å². The van der Waals surface area contributed by atoms with Crippen LogP contribution in [0.1, 0.15) is 32.6 Å². The minimum absolute atomic E-state index is 0.602. The van der Waals surface area contributed by atoms with Gasteiger partial charge in [-0.2, -0.15) is 0 Å². The number of benzene rings is 1. The predicted molar refractivity (Wildman–Crippen MR) is 104 cm³/mol. The van der Waals surface area contributed by atoms with Crippen molar-refractivity contribution in [2.45, 2.75) is 38.6 Å². The maximum absolute atomic E-state index is 5.85. The molecule has 5 nitrogen and oxygen atoms in total. The maximum atomic E-state index is 5.85. The fourth-order valence-corrected chi connectivity index (χ4v) is 4.09. The summed E-state index contributed by atoms with van der Waals surface area (Å²) in [5.74, 6) is 3.28. The SMILES string of the molecule is CC1CCC(N2CCN(c3cc(Oc4ccccc4)ncn3)CC2)CC1. The average Bonchev–Trinajstić information content (AvgIpc) is 2.70. The molecule has 0 spiro atoms. The summed E-state index contributed by atoms with van der Waals surface area (Å²) in [6, 6.07) is 12.5. The van der Waals surface area contributed by atoms with Crippen LogP contribution >= 0.6 is 0 Å². The van der Waals surface area contributed by atoms with E-state index >= 15 is 0 Å². The van der Waals surface area contributed by atoms with Gasteiger partial charge in [-0.1, -0.05) is 25.1 Å². The second-order valence-corrected chi connectivity index (χ2v) is 7.57. The molecule has 138 valence electrons. The normalized spacial score (nSPS) is 24.4. The van der Waals surface area contributed by atoms with Crippen LogP contribution in [-0.2, 0) is 0 Å². The first-order chi connectivity index (χ1) is 12.8. The van der Waals surface area contributed by atoms with Crippen molar-refractivity contribution in [3.05, 3.63) is 42.7 Å². The van der Waals surface area contributed by atoms with Crippen molar-refractivity contribution < 1.29 is 4.74 Å². The lowest BCUT2D eigenvalue weighted by Gasteiger charge is -2.42. The Morgan fingerprint density at radius 1 is 0.923 bits per heavy atom. The Morgan fingerprint density at radius 2 is 1.65 bits per heavy atom. The van der Waals surface area contributed by atoms with Gasteiger partial charge in [0.05, 0.1) is 0 Å². The van der Waals surface area contributed by atoms with Gasteiger partial charge in [-0.15, -0.1) is 0 Å². The van der Waals surface area contributed by atoms with E-state index in [1.807, 2.05) is 36.4 Å². The molecule has 1 aliphatic heterocycles. The Bertz CT molecular complexity index is 692. The van der Waals surface area contributed by atoms with Gasteiger partial charge in [0.25, 0.3) is 0 Å². The average molecular weight is 352 g/mol. The molecule has 1 saturated heterocycles. The first-order valence-electron chi connectivity index (χ1n) is 9.82. The predicted octanol–water partition coefficient (Wildman–Crippen LogP) is 3.97. The number of piperazine rings is 1. The molecule has 1 saturated carbocycles. The van der Waals surface area contributed by atoms with E-state index in [1.54, 1.807) is 6.33 Å². The first-order valence-corrected chi connectivity index (χ1v) is 9.82. The van der Waals surface area contributed by atoms with Crippen LogP contribution in [0.2, 0.25) is 0 Å². The molecule has 0 radical (unpaired) electrons. The molecule has 1 aromatic heterocycles. The highest BCUT2D eigenvalue weighted by atomic mass is 16.5. The number of rotatable bonds is 4. The summed E-state index contributed by atoms with van der Waals surface area (Å²) < 4.78 is 5.85. The number of aromatic nitrogens is 2. The van der Waals surface area contributed by atoms with Gasteiger partial charge >= 0.3 is 0 Å². The number of hydrogen-bond acceptors (Lipinski definition) is 5. The van der Waals surface area contributed by atoms with E-state index in [9.17, 15) is 0 Å². The van der Waals surface area contributed by atoms with Crippen LogP contribution in [0.15, 0.2) is 42.7 Å². The van der Waals surface area contributed by atoms with Crippen molar-refractivity contribution >= 4 is 5.82 Å². The minimum Gasteiger partial charge on any atom is -0.439 e. The summed E-state index contributed by atoms with van der Waals surface area (Å²) in [4.78, 5) is 13.8. The molecule has 5 heteroatoms. The zero-order chi connectivity index (χ0) is 17.8. The Morgan fingerprint density at radius 3 is 2.38 bits per heavy atom. The van der Waals surface area contributed by atoms with Crippen molar-refractivity contribution in [1.82, 2.24) is 14.9 Å². The fraction of sp³-hybridized carbons (Fsp3) is 0.524. The summed E-state index contributed by atoms with van der Waals surface area (Å²) >= 11 is 0. The monoisotopic (exact) mass is 352 g/mol. The summed E-state index contributed by atoms with van der Waals surface area (Å²) in [6.07, 6.45) is 7.10. The molecule has 26 heavy (non-hydrogen) atoms. The zero-order valence-electron chi connectivity index (χ0n) is 15.6. The van der Waals surface area contributed by atoms with E-state index in [-0.39, 0.29) is 0 Å². The van der Waals surface area contributed by atoms with Crippen LogP contribution in [0, 0.1) is 5.92 Å². The van der Waals surface area contributed by atoms with E-state index in [1.165, 1.54) is 25.7 Å². The van der Waals surface area contributed by atoms with E-state index in [4.69, 9.17) is 4.74 Å². The fourth-order valence-electron chi connectivity index (χ4n) is 4.09. The van der Waals surface area contributed by atoms with Crippen molar-refractivity contribution in [2.75, 3.05) is 31.1 Å². The van der Waals surface area contributed by atoms with E-state index in [0.717, 1.165) is 49.7 Å². The van der Waals surface area contributed by atoms with Gasteiger partial charge in [0.2, 0.25) is 5.88 Å². The number of hydrogen-bond donors (Lipinski definition) is 0.